The molecule has 0 spiro atoms. The van der Waals surface area contributed by atoms with Crippen LogP contribution in [-0.2, 0) is 20.9 Å². The number of rotatable bonds is 6. The average molecular weight is 316 g/mol. The van der Waals surface area contributed by atoms with Gasteiger partial charge in [0.15, 0.2) is 0 Å². The number of nitrogens with zero attached hydrogens (tertiary/aromatic N) is 1. The molecule has 23 heavy (non-hydrogen) atoms. The fraction of sp³-hybridized carbons (Fsp3) is 0.556. The maximum atomic E-state index is 12.6. The molecule has 1 saturated carbocycles. The molecule has 1 saturated heterocycles. The average Bonchev–Trinajstić information content (AvgIpc) is 3.38. The van der Waals surface area contributed by atoms with Gasteiger partial charge in [0.1, 0.15) is 12.1 Å². The number of carbonyl (C=O) groups is 2. The summed E-state index contributed by atoms with van der Waals surface area (Å²) >= 11 is 0. The van der Waals surface area contributed by atoms with Crippen LogP contribution >= 0.6 is 0 Å². The summed E-state index contributed by atoms with van der Waals surface area (Å²) in [5.41, 5.74) is 1.11. The number of piperidine rings is 1. The van der Waals surface area contributed by atoms with Crippen LogP contribution in [0, 0.1) is 5.92 Å². The lowest BCUT2D eigenvalue weighted by Gasteiger charge is -2.33. The summed E-state index contributed by atoms with van der Waals surface area (Å²) in [5, 5.41) is 2.90. The minimum absolute atomic E-state index is 0.0131. The van der Waals surface area contributed by atoms with Crippen molar-refractivity contribution in [3.63, 3.8) is 0 Å². The zero-order chi connectivity index (χ0) is 16.2. The Kier molecular flexibility index (Phi) is 4.96. The Labute approximate surface area is 137 Å². The molecule has 0 radical (unpaired) electrons. The maximum absolute atomic E-state index is 12.6. The zero-order valence-electron chi connectivity index (χ0n) is 13.5. The monoisotopic (exact) mass is 316 g/mol. The fourth-order valence-electron chi connectivity index (χ4n) is 3.20. The second kappa shape index (κ2) is 7.13. The lowest BCUT2D eigenvalue weighted by molar-refractivity contribution is -0.142. The summed E-state index contributed by atoms with van der Waals surface area (Å²) in [7, 11) is 1.56. The maximum Gasteiger partial charge on any atom is 0.250 e. The molecular formula is C18H24N2O3. The first-order chi connectivity index (χ1) is 11.2. The summed E-state index contributed by atoms with van der Waals surface area (Å²) in [6, 6.07) is 9.53. The number of likely N-dealkylation sites (tertiary alicyclic amines) is 1. The fourth-order valence-corrected chi connectivity index (χ4v) is 3.20. The van der Waals surface area contributed by atoms with Crippen molar-refractivity contribution < 1.29 is 14.3 Å². The number of hydrogen-bond acceptors (Lipinski definition) is 3. The summed E-state index contributed by atoms with van der Waals surface area (Å²) in [6.45, 7) is 1.35. The largest absolute Gasteiger partial charge is 0.371 e. The molecule has 2 amide bonds. The Balaban J connectivity index is 1.59. The Morgan fingerprint density at radius 3 is 2.70 bits per heavy atom. The summed E-state index contributed by atoms with van der Waals surface area (Å²) in [6.07, 6.45) is 3.27. The molecular weight excluding hydrogens is 292 g/mol. The van der Waals surface area contributed by atoms with E-state index in [1.807, 2.05) is 35.2 Å². The van der Waals surface area contributed by atoms with Gasteiger partial charge in [-0.25, -0.2) is 0 Å². The predicted octanol–water partition coefficient (Wildman–Crippen LogP) is 1.72. The molecule has 1 heterocycles. The third-order valence-electron chi connectivity index (χ3n) is 4.63. The predicted molar refractivity (Wildman–Crippen MR) is 86.5 cm³/mol. The lowest BCUT2D eigenvalue weighted by atomic mass is 10.0. The Hall–Kier alpha value is -1.88. The van der Waals surface area contributed by atoms with Gasteiger partial charge < -0.3 is 15.0 Å². The Morgan fingerprint density at radius 1 is 1.30 bits per heavy atom. The smallest absolute Gasteiger partial charge is 0.250 e. The van der Waals surface area contributed by atoms with Crippen molar-refractivity contribution in [2.75, 3.05) is 13.7 Å². The molecule has 0 unspecified atom stereocenters. The number of hydrogen-bond donors (Lipinski definition) is 1. The van der Waals surface area contributed by atoms with E-state index in [0.717, 1.165) is 31.4 Å². The molecule has 1 aliphatic carbocycles. The van der Waals surface area contributed by atoms with Crippen molar-refractivity contribution in [2.24, 2.45) is 5.92 Å². The topological polar surface area (TPSA) is 58.6 Å². The Morgan fingerprint density at radius 2 is 2.04 bits per heavy atom. The van der Waals surface area contributed by atoms with Crippen molar-refractivity contribution in [2.45, 2.75) is 44.4 Å². The molecule has 124 valence electrons. The third kappa shape index (κ3) is 3.91. The van der Waals surface area contributed by atoms with Crippen LogP contribution in [0.15, 0.2) is 30.3 Å². The van der Waals surface area contributed by atoms with Crippen LogP contribution in [0.2, 0.25) is 0 Å². The minimum Gasteiger partial charge on any atom is -0.371 e. The number of benzene rings is 1. The van der Waals surface area contributed by atoms with Crippen molar-refractivity contribution in [3.8, 4) is 0 Å². The van der Waals surface area contributed by atoms with Crippen LogP contribution in [0.3, 0.4) is 0 Å². The molecule has 0 aromatic heterocycles. The van der Waals surface area contributed by atoms with E-state index < -0.39 is 12.1 Å². The van der Waals surface area contributed by atoms with Gasteiger partial charge in [0.25, 0.3) is 0 Å². The second-order valence-corrected chi connectivity index (χ2v) is 6.44. The molecule has 1 N–H and O–H groups in total. The summed E-state index contributed by atoms with van der Waals surface area (Å²) < 4.78 is 5.30. The lowest BCUT2D eigenvalue weighted by Crippen LogP contribution is -2.54. The molecule has 1 aliphatic heterocycles. The highest BCUT2D eigenvalue weighted by Crippen LogP contribution is 2.34. The molecule has 1 aromatic carbocycles. The van der Waals surface area contributed by atoms with Gasteiger partial charge in [0.2, 0.25) is 11.8 Å². The molecule has 3 rings (SSSR count). The molecule has 2 fully saturated rings. The summed E-state index contributed by atoms with van der Waals surface area (Å²) in [4.78, 5) is 26.8. The van der Waals surface area contributed by atoms with Crippen molar-refractivity contribution in [1.82, 2.24) is 10.2 Å². The van der Waals surface area contributed by atoms with E-state index in [2.05, 4.69) is 5.32 Å². The van der Waals surface area contributed by atoms with E-state index in [1.54, 1.807) is 7.11 Å². The van der Waals surface area contributed by atoms with Crippen LogP contribution in [0.4, 0.5) is 0 Å². The zero-order valence-corrected chi connectivity index (χ0v) is 13.5. The van der Waals surface area contributed by atoms with Crippen LogP contribution < -0.4 is 5.32 Å². The van der Waals surface area contributed by atoms with Gasteiger partial charge in [0.05, 0.1) is 0 Å². The molecule has 5 heteroatoms. The van der Waals surface area contributed by atoms with E-state index in [0.29, 0.717) is 18.9 Å². The molecule has 1 aromatic rings. The van der Waals surface area contributed by atoms with E-state index in [4.69, 9.17) is 4.74 Å². The van der Waals surface area contributed by atoms with Crippen LogP contribution in [0.5, 0.6) is 0 Å². The molecule has 2 atom stereocenters. The Bertz CT molecular complexity index is 557. The SMILES string of the molecule is CO[C@@H](C(=O)N[C@H]1CCCN(Cc2ccccc2)C1=O)C1CC1. The summed E-state index contributed by atoms with van der Waals surface area (Å²) in [5.74, 6) is 0.188. The van der Waals surface area contributed by atoms with Gasteiger partial charge in [-0.05, 0) is 37.2 Å². The number of nitrogens with one attached hydrogen (secondary N) is 1. The molecule has 2 aliphatic rings. The van der Waals surface area contributed by atoms with Gasteiger partial charge in [-0.15, -0.1) is 0 Å². The van der Waals surface area contributed by atoms with Gasteiger partial charge in [-0.2, -0.15) is 0 Å². The number of methoxy groups -OCH3 is 1. The van der Waals surface area contributed by atoms with E-state index in [-0.39, 0.29) is 11.8 Å². The molecule has 0 bridgehead atoms. The first-order valence-electron chi connectivity index (χ1n) is 8.35. The quantitative estimate of drug-likeness (QED) is 0.869. The van der Waals surface area contributed by atoms with Gasteiger partial charge in [-0.1, -0.05) is 30.3 Å². The third-order valence-corrected chi connectivity index (χ3v) is 4.63. The van der Waals surface area contributed by atoms with Crippen molar-refractivity contribution in [1.29, 1.82) is 0 Å². The molecule has 5 nitrogen and oxygen atoms in total. The van der Waals surface area contributed by atoms with Crippen LogP contribution in [-0.4, -0.2) is 42.5 Å². The normalized spacial score (nSPS) is 22.7. The standard InChI is InChI=1S/C18H24N2O3/c1-23-16(14-9-10-14)17(21)19-15-8-5-11-20(18(15)22)12-13-6-3-2-4-7-13/h2-4,6-7,14-16H,5,8-12H2,1H3,(H,19,21)/t15-,16+/m0/s1. The van der Waals surface area contributed by atoms with E-state index in [1.165, 1.54) is 0 Å². The van der Waals surface area contributed by atoms with Crippen LogP contribution in [0.25, 0.3) is 0 Å². The number of ether oxygens (including phenoxy) is 1. The first-order valence-corrected chi connectivity index (χ1v) is 8.35. The van der Waals surface area contributed by atoms with Gasteiger partial charge >= 0.3 is 0 Å². The first kappa shape index (κ1) is 16.0. The highest BCUT2D eigenvalue weighted by atomic mass is 16.5. The van der Waals surface area contributed by atoms with Crippen molar-refractivity contribution >= 4 is 11.8 Å². The van der Waals surface area contributed by atoms with E-state index >= 15 is 0 Å². The number of carbonyl (C=O) groups excluding carboxylic acids is 2. The van der Waals surface area contributed by atoms with Gasteiger partial charge in [0, 0.05) is 20.2 Å². The van der Waals surface area contributed by atoms with Gasteiger partial charge in [-0.3, -0.25) is 9.59 Å². The van der Waals surface area contributed by atoms with Crippen molar-refractivity contribution in [3.05, 3.63) is 35.9 Å². The minimum atomic E-state index is -0.420. The highest BCUT2D eigenvalue weighted by molar-refractivity contribution is 5.90. The number of amides is 2. The second-order valence-electron chi connectivity index (χ2n) is 6.44. The van der Waals surface area contributed by atoms with Crippen LogP contribution in [0.1, 0.15) is 31.2 Å². The highest BCUT2D eigenvalue weighted by Gasteiger charge is 2.38. The van der Waals surface area contributed by atoms with E-state index in [9.17, 15) is 9.59 Å².